The Morgan fingerprint density at radius 1 is 0.878 bits per heavy atom. The van der Waals surface area contributed by atoms with Gasteiger partial charge in [0.05, 0.1) is 11.4 Å². The van der Waals surface area contributed by atoms with E-state index < -0.39 is 5.91 Å². The number of nitrogens with zero attached hydrogens (tertiary/aromatic N) is 3. The lowest BCUT2D eigenvalue weighted by Crippen LogP contribution is -2.44. The second-order valence-electron chi connectivity index (χ2n) is 9.71. The van der Waals surface area contributed by atoms with Gasteiger partial charge in [0, 0.05) is 11.1 Å². The lowest BCUT2D eigenvalue weighted by atomic mass is 10.1. The van der Waals surface area contributed by atoms with E-state index in [9.17, 15) is 14.4 Å². The molecule has 6 rings (SSSR count). The molecule has 1 unspecified atom stereocenters. The fourth-order valence-corrected chi connectivity index (χ4v) is 5.81. The number of rotatable bonds is 6. The summed E-state index contributed by atoms with van der Waals surface area (Å²) in [5.74, 6) is -0.0235. The van der Waals surface area contributed by atoms with E-state index in [1.54, 1.807) is 35.2 Å². The first-order valence-corrected chi connectivity index (χ1v) is 14.2. The van der Waals surface area contributed by atoms with Crippen molar-refractivity contribution in [1.82, 2.24) is 10.4 Å². The van der Waals surface area contributed by atoms with Gasteiger partial charge in [-0.3, -0.25) is 24.7 Å². The number of aryl methyl sites for hydroxylation is 1. The van der Waals surface area contributed by atoms with Crippen LogP contribution in [0, 0.1) is 6.92 Å². The summed E-state index contributed by atoms with van der Waals surface area (Å²) in [7, 11) is 0. The second-order valence-corrected chi connectivity index (χ2v) is 10.8. The van der Waals surface area contributed by atoms with Crippen molar-refractivity contribution in [3.63, 3.8) is 0 Å². The van der Waals surface area contributed by atoms with Crippen LogP contribution in [0.3, 0.4) is 0 Å². The maximum absolute atomic E-state index is 13.6. The van der Waals surface area contributed by atoms with Crippen molar-refractivity contribution in [2.24, 2.45) is 4.99 Å². The first-order valence-electron chi connectivity index (χ1n) is 13.1. The topological polar surface area (TPSA) is 82.1 Å². The average molecular weight is 559 g/mol. The predicted molar refractivity (Wildman–Crippen MR) is 162 cm³/mol. The Bertz CT molecular complexity index is 1670. The smallest absolute Gasteiger partial charge is 0.272 e. The van der Waals surface area contributed by atoms with Crippen LogP contribution in [-0.2, 0) is 9.59 Å². The maximum Gasteiger partial charge on any atom is 0.282 e. The van der Waals surface area contributed by atoms with Gasteiger partial charge in [0.2, 0.25) is 0 Å². The van der Waals surface area contributed by atoms with E-state index in [-0.39, 0.29) is 22.9 Å². The van der Waals surface area contributed by atoms with Gasteiger partial charge in [-0.15, -0.1) is 11.8 Å². The highest BCUT2D eigenvalue weighted by Crippen LogP contribution is 2.37. The van der Waals surface area contributed by atoms with Gasteiger partial charge in [-0.25, -0.2) is 10.0 Å². The van der Waals surface area contributed by atoms with Gasteiger partial charge in [0.15, 0.2) is 0 Å². The molecule has 0 radical (unpaired) electrons. The third kappa shape index (κ3) is 5.42. The molecule has 0 spiro atoms. The van der Waals surface area contributed by atoms with Gasteiger partial charge in [0.1, 0.15) is 16.9 Å². The molecule has 2 heterocycles. The Labute approximate surface area is 242 Å². The summed E-state index contributed by atoms with van der Waals surface area (Å²) in [5, 5.41) is 1.10. The number of aliphatic imine (C=N–C) groups is 1. The van der Waals surface area contributed by atoms with Crippen molar-refractivity contribution in [2.75, 3.05) is 10.7 Å². The molecular weight excluding hydrogens is 532 g/mol. The summed E-state index contributed by atoms with van der Waals surface area (Å²) in [6.45, 7) is 2.00. The number of carbonyl (C=O) groups excluding carboxylic acids is 3. The van der Waals surface area contributed by atoms with Crippen molar-refractivity contribution in [2.45, 2.75) is 12.3 Å². The molecule has 2 aliphatic heterocycles. The molecule has 7 nitrogen and oxygen atoms in total. The molecular formula is C33H26N4O3S. The van der Waals surface area contributed by atoms with Gasteiger partial charge in [-0.1, -0.05) is 90.5 Å². The van der Waals surface area contributed by atoms with Crippen molar-refractivity contribution in [1.29, 1.82) is 0 Å². The molecule has 0 aromatic heterocycles. The standard InChI is InChI=1S/C33H26N4O3S/c1-22-12-14-26(15-13-22)33-37(29(38)21-41-33)35-31(39)25-16-18-27(19-17-25)36-30(24-10-6-3-7-11-24)34-28(32(36)40)20-23-8-4-2-5-9-23/h2-20,33H,21H2,1H3,(H,35,39)/b28-20-. The number of thioether (sulfide) groups is 1. The first-order chi connectivity index (χ1) is 20.0. The molecule has 2 aliphatic rings. The number of amides is 3. The van der Waals surface area contributed by atoms with Gasteiger partial charge in [-0.05, 0) is 48.4 Å². The van der Waals surface area contributed by atoms with E-state index >= 15 is 0 Å². The summed E-state index contributed by atoms with van der Waals surface area (Å²) in [5.41, 5.74) is 7.80. The van der Waals surface area contributed by atoms with E-state index in [1.165, 1.54) is 16.8 Å². The van der Waals surface area contributed by atoms with E-state index in [2.05, 4.69) is 5.43 Å². The highest BCUT2D eigenvalue weighted by molar-refractivity contribution is 8.00. The Morgan fingerprint density at radius 2 is 1.54 bits per heavy atom. The van der Waals surface area contributed by atoms with Crippen LogP contribution in [0.1, 0.15) is 38.0 Å². The van der Waals surface area contributed by atoms with E-state index in [0.29, 0.717) is 22.8 Å². The number of benzene rings is 4. The molecule has 4 aromatic rings. The number of anilines is 1. The fourth-order valence-electron chi connectivity index (χ4n) is 4.70. The number of amidine groups is 1. The van der Waals surface area contributed by atoms with Gasteiger partial charge in [-0.2, -0.15) is 0 Å². The third-order valence-electron chi connectivity index (χ3n) is 6.84. The largest absolute Gasteiger partial charge is 0.282 e. The predicted octanol–water partition coefficient (Wildman–Crippen LogP) is 5.75. The van der Waals surface area contributed by atoms with Crippen LogP contribution in [0.15, 0.2) is 120 Å². The molecule has 41 heavy (non-hydrogen) atoms. The maximum atomic E-state index is 13.6. The zero-order chi connectivity index (χ0) is 28.3. The number of hydrogen-bond acceptors (Lipinski definition) is 5. The molecule has 1 atom stereocenters. The number of hydrazine groups is 1. The van der Waals surface area contributed by atoms with Crippen LogP contribution in [0.5, 0.6) is 0 Å². The Kier molecular flexibility index (Phi) is 7.22. The Hall–Kier alpha value is -4.95. The van der Waals surface area contributed by atoms with Crippen LogP contribution < -0.4 is 10.3 Å². The first kappa shape index (κ1) is 26.3. The molecule has 1 N–H and O–H groups in total. The molecule has 8 heteroatoms. The van der Waals surface area contributed by atoms with Crippen LogP contribution in [0.2, 0.25) is 0 Å². The van der Waals surface area contributed by atoms with Crippen LogP contribution >= 0.6 is 11.8 Å². The normalized spacial score (nSPS) is 17.7. The van der Waals surface area contributed by atoms with Gasteiger partial charge in [0.25, 0.3) is 17.7 Å². The minimum Gasteiger partial charge on any atom is -0.272 e. The average Bonchev–Trinajstić information content (AvgIpc) is 3.53. The molecule has 3 amide bonds. The minimum atomic E-state index is -0.404. The third-order valence-corrected chi connectivity index (χ3v) is 8.05. The van der Waals surface area contributed by atoms with Gasteiger partial charge >= 0.3 is 0 Å². The Balaban J connectivity index is 1.25. The number of carbonyl (C=O) groups is 3. The molecule has 4 aromatic carbocycles. The van der Waals surface area contributed by atoms with E-state index in [1.807, 2.05) is 91.9 Å². The summed E-state index contributed by atoms with van der Waals surface area (Å²) in [6.07, 6.45) is 1.77. The zero-order valence-electron chi connectivity index (χ0n) is 22.2. The minimum absolute atomic E-state index is 0.158. The summed E-state index contributed by atoms with van der Waals surface area (Å²) in [6, 6.07) is 33.7. The summed E-state index contributed by atoms with van der Waals surface area (Å²) in [4.78, 5) is 45.6. The highest BCUT2D eigenvalue weighted by atomic mass is 32.2. The summed E-state index contributed by atoms with van der Waals surface area (Å²) >= 11 is 1.47. The lowest BCUT2D eigenvalue weighted by Gasteiger charge is -2.25. The molecule has 0 bridgehead atoms. The SMILES string of the molecule is Cc1ccc(C2SCC(=O)N2NC(=O)c2ccc(N3C(=O)/C(=C/c4ccccc4)N=C3c3ccccc3)cc2)cc1. The van der Waals surface area contributed by atoms with Crippen molar-refractivity contribution >= 4 is 47.1 Å². The van der Waals surface area contributed by atoms with E-state index in [0.717, 1.165) is 22.3 Å². The molecule has 1 fully saturated rings. The second kappa shape index (κ2) is 11.3. The molecule has 0 saturated carbocycles. The van der Waals surface area contributed by atoms with Crippen molar-refractivity contribution in [3.05, 3.63) is 143 Å². The zero-order valence-corrected chi connectivity index (χ0v) is 23.0. The summed E-state index contributed by atoms with van der Waals surface area (Å²) < 4.78 is 0. The monoisotopic (exact) mass is 558 g/mol. The quantitative estimate of drug-likeness (QED) is 0.306. The molecule has 0 aliphatic carbocycles. The highest BCUT2D eigenvalue weighted by Gasteiger charge is 2.35. The van der Waals surface area contributed by atoms with Crippen LogP contribution in [0.25, 0.3) is 6.08 Å². The molecule has 1 saturated heterocycles. The van der Waals surface area contributed by atoms with Gasteiger partial charge < -0.3 is 0 Å². The lowest BCUT2D eigenvalue weighted by molar-refractivity contribution is -0.130. The van der Waals surface area contributed by atoms with Crippen LogP contribution in [0.4, 0.5) is 5.69 Å². The van der Waals surface area contributed by atoms with E-state index in [4.69, 9.17) is 4.99 Å². The number of nitrogens with one attached hydrogen (secondary N) is 1. The Morgan fingerprint density at radius 3 is 2.22 bits per heavy atom. The number of hydrogen-bond donors (Lipinski definition) is 1. The molecule has 202 valence electrons. The fraction of sp³-hybridized carbons (Fsp3) is 0.0909. The van der Waals surface area contributed by atoms with Crippen molar-refractivity contribution < 1.29 is 14.4 Å². The van der Waals surface area contributed by atoms with Crippen molar-refractivity contribution in [3.8, 4) is 0 Å². The van der Waals surface area contributed by atoms with Crippen LogP contribution in [-0.4, -0.2) is 34.3 Å².